The molecule has 23 heavy (non-hydrogen) atoms. The first-order valence-corrected chi connectivity index (χ1v) is 8.00. The SMILES string of the molecule is COc1ccc(CN(C)C(=O)NCCCN2CCCC2=O)cc1. The van der Waals surface area contributed by atoms with Crippen LogP contribution < -0.4 is 10.1 Å². The number of nitrogens with one attached hydrogen (secondary N) is 1. The topological polar surface area (TPSA) is 61.9 Å². The van der Waals surface area contributed by atoms with Crippen molar-refractivity contribution in [3.8, 4) is 5.75 Å². The molecule has 0 bridgehead atoms. The first-order valence-electron chi connectivity index (χ1n) is 8.00. The smallest absolute Gasteiger partial charge is 0.317 e. The van der Waals surface area contributed by atoms with Gasteiger partial charge in [0.25, 0.3) is 0 Å². The van der Waals surface area contributed by atoms with Gasteiger partial charge in [-0.05, 0) is 30.5 Å². The lowest BCUT2D eigenvalue weighted by Crippen LogP contribution is -2.38. The zero-order valence-corrected chi connectivity index (χ0v) is 13.9. The van der Waals surface area contributed by atoms with Gasteiger partial charge in [-0.25, -0.2) is 4.79 Å². The maximum absolute atomic E-state index is 12.0. The minimum atomic E-state index is -0.103. The molecule has 0 aliphatic carbocycles. The molecule has 126 valence electrons. The number of likely N-dealkylation sites (tertiary alicyclic amines) is 1. The van der Waals surface area contributed by atoms with E-state index in [0.29, 0.717) is 19.5 Å². The lowest BCUT2D eigenvalue weighted by Gasteiger charge is -2.19. The fraction of sp³-hybridized carbons (Fsp3) is 0.529. The molecule has 0 aromatic heterocycles. The highest BCUT2D eigenvalue weighted by molar-refractivity contribution is 5.78. The van der Waals surface area contributed by atoms with Crippen molar-refractivity contribution in [3.63, 3.8) is 0 Å². The van der Waals surface area contributed by atoms with Gasteiger partial charge >= 0.3 is 6.03 Å². The van der Waals surface area contributed by atoms with Gasteiger partial charge in [0.1, 0.15) is 5.75 Å². The van der Waals surface area contributed by atoms with E-state index in [1.807, 2.05) is 29.2 Å². The highest BCUT2D eigenvalue weighted by Crippen LogP contribution is 2.12. The molecular formula is C17H25N3O3. The summed E-state index contributed by atoms with van der Waals surface area (Å²) in [6.07, 6.45) is 2.40. The first-order chi connectivity index (χ1) is 11.1. The van der Waals surface area contributed by atoms with Crippen LogP contribution in [0.1, 0.15) is 24.8 Å². The summed E-state index contributed by atoms with van der Waals surface area (Å²) in [6, 6.07) is 7.56. The molecule has 1 saturated heterocycles. The molecule has 1 N–H and O–H groups in total. The second-order valence-corrected chi connectivity index (χ2v) is 5.77. The third kappa shape index (κ3) is 5.16. The monoisotopic (exact) mass is 319 g/mol. The zero-order chi connectivity index (χ0) is 16.7. The van der Waals surface area contributed by atoms with Crippen molar-refractivity contribution in [3.05, 3.63) is 29.8 Å². The summed E-state index contributed by atoms with van der Waals surface area (Å²) >= 11 is 0. The number of ether oxygens (including phenoxy) is 1. The fourth-order valence-electron chi connectivity index (χ4n) is 2.62. The number of carbonyl (C=O) groups excluding carboxylic acids is 2. The average Bonchev–Trinajstić information content (AvgIpc) is 2.97. The van der Waals surface area contributed by atoms with Crippen LogP contribution in [0.25, 0.3) is 0 Å². The van der Waals surface area contributed by atoms with Gasteiger partial charge in [-0.3, -0.25) is 4.79 Å². The Bertz CT molecular complexity index is 530. The number of carbonyl (C=O) groups is 2. The summed E-state index contributed by atoms with van der Waals surface area (Å²) in [4.78, 5) is 27.0. The Balaban J connectivity index is 1.66. The molecule has 6 heteroatoms. The van der Waals surface area contributed by atoms with Crippen LogP contribution in [0.15, 0.2) is 24.3 Å². The van der Waals surface area contributed by atoms with Crippen molar-refractivity contribution in [2.45, 2.75) is 25.8 Å². The van der Waals surface area contributed by atoms with Crippen molar-refractivity contribution in [2.75, 3.05) is 33.8 Å². The normalized spacial score (nSPS) is 14.0. The van der Waals surface area contributed by atoms with Crippen LogP contribution in [-0.2, 0) is 11.3 Å². The molecule has 0 spiro atoms. The fourth-order valence-corrected chi connectivity index (χ4v) is 2.62. The van der Waals surface area contributed by atoms with E-state index in [-0.39, 0.29) is 11.9 Å². The molecule has 2 rings (SSSR count). The van der Waals surface area contributed by atoms with Gasteiger partial charge in [0.05, 0.1) is 7.11 Å². The highest BCUT2D eigenvalue weighted by atomic mass is 16.5. The molecule has 3 amide bonds. The van der Waals surface area contributed by atoms with Crippen LogP contribution in [0.3, 0.4) is 0 Å². The molecule has 1 heterocycles. The van der Waals surface area contributed by atoms with Gasteiger partial charge in [0, 0.05) is 39.6 Å². The summed E-state index contributed by atoms with van der Waals surface area (Å²) in [5, 5.41) is 2.89. The minimum absolute atomic E-state index is 0.103. The molecule has 1 fully saturated rings. The number of hydrogen-bond acceptors (Lipinski definition) is 3. The van der Waals surface area contributed by atoms with Crippen LogP contribution in [-0.4, -0.2) is 55.5 Å². The zero-order valence-electron chi connectivity index (χ0n) is 13.9. The van der Waals surface area contributed by atoms with E-state index in [2.05, 4.69) is 5.32 Å². The summed E-state index contributed by atoms with van der Waals surface area (Å²) in [6.45, 7) is 2.70. The van der Waals surface area contributed by atoms with Gasteiger partial charge in [-0.15, -0.1) is 0 Å². The Morgan fingerprint density at radius 3 is 2.70 bits per heavy atom. The van der Waals surface area contributed by atoms with Crippen LogP contribution in [0, 0.1) is 0 Å². The Kier molecular flexibility index (Phi) is 6.26. The average molecular weight is 319 g/mol. The van der Waals surface area contributed by atoms with E-state index in [1.54, 1.807) is 19.1 Å². The van der Waals surface area contributed by atoms with E-state index < -0.39 is 0 Å². The number of nitrogens with zero attached hydrogens (tertiary/aromatic N) is 2. The third-order valence-corrected chi connectivity index (χ3v) is 3.98. The standard InChI is InChI=1S/C17H25N3O3/c1-19(13-14-6-8-15(23-2)9-7-14)17(22)18-10-4-12-20-11-3-5-16(20)21/h6-9H,3-5,10-13H2,1-2H3,(H,18,22). The number of methoxy groups -OCH3 is 1. The number of rotatable bonds is 7. The molecule has 0 unspecified atom stereocenters. The molecule has 6 nitrogen and oxygen atoms in total. The van der Waals surface area contributed by atoms with Crippen molar-refractivity contribution in [1.29, 1.82) is 0 Å². The van der Waals surface area contributed by atoms with Crippen molar-refractivity contribution < 1.29 is 14.3 Å². The maximum Gasteiger partial charge on any atom is 0.317 e. The van der Waals surface area contributed by atoms with E-state index >= 15 is 0 Å². The number of benzene rings is 1. The number of hydrogen-bond donors (Lipinski definition) is 1. The molecule has 1 aromatic rings. The Morgan fingerprint density at radius 1 is 1.35 bits per heavy atom. The lowest BCUT2D eigenvalue weighted by atomic mass is 10.2. The Hall–Kier alpha value is -2.24. The lowest BCUT2D eigenvalue weighted by molar-refractivity contribution is -0.127. The van der Waals surface area contributed by atoms with Gasteiger partial charge < -0.3 is 19.9 Å². The Labute approximate surface area is 137 Å². The van der Waals surface area contributed by atoms with Crippen molar-refractivity contribution in [1.82, 2.24) is 15.1 Å². The van der Waals surface area contributed by atoms with E-state index in [1.165, 1.54) is 0 Å². The van der Waals surface area contributed by atoms with Crippen LogP contribution >= 0.6 is 0 Å². The summed E-state index contributed by atoms with van der Waals surface area (Å²) in [7, 11) is 3.40. The summed E-state index contributed by atoms with van der Waals surface area (Å²) in [5.74, 6) is 1.03. The molecule has 1 aliphatic rings. The van der Waals surface area contributed by atoms with E-state index in [9.17, 15) is 9.59 Å². The van der Waals surface area contributed by atoms with Crippen LogP contribution in [0.5, 0.6) is 5.75 Å². The predicted molar refractivity (Wildman–Crippen MR) is 88.3 cm³/mol. The van der Waals surface area contributed by atoms with Gasteiger partial charge in [-0.2, -0.15) is 0 Å². The van der Waals surface area contributed by atoms with Gasteiger partial charge in [0.15, 0.2) is 0 Å². The summed E-state index contributed by atoms with van der Waals surface area (Å²) < 4.78 is 5.12. The third-order valence-electron chi connectivity index (χ3n) is 3.98. The molecular weight excluding hydrogens is 294 g/mol. The maximum atomic E-state index is 12.0. The van der Waals surface area contributed by atoms with Gasteiger partial charge in [-0.1, -0.05) is 12.1 Å². The molecule has 0 radical (unpaired) electrons. The quantitative estimate of drug-likeness (QED) is 0.780. The van der Waals surface area contributed by atoms with Crippen molar-refractivity contribution >= 4 is 11.9 Å². The van der Waals surface area contributed by atoms with Crippen molar-refractivity contribution in [2.24, 2.45) is 0 Å². The van der Waals surface area contributed by atoms with Crippen LogP contribution in [0.4, 0.5) is 4.79 Å². The minimum Gasteiger partial charge on any atom is -0.497 e. The number of urea groups is 1. The largest absolute Gasteiger partial charge is 0.497 e. The van der Waals surface area contributed by atoms with E-state index in [0.717, 1.165) is 37.2 Å². The molecule has 0 saturated carbocycles. The predicted octanol–water partition coefficient (Wildman–Crippen LogP) is 1.85. The molecule has 1 aliphatic heterocycles. The molecule has 1 aromatic carbocycles. The molecule has 0 atom stereocenters. The van der Waals surface area contributed by atoms with Crippen LogP contribution in [0.2, 0.25) is 0 Å². The second kappa shape index (κ2) is 8.41. The second-order valence-electron chi connectivity index (χ2n) is 5.77. The van der Waals surface area contributed by atoms with E-state index in [4.69, 9.17) is 4.74 Å². The summed E-state index contributed by atoms with van der Waals surface area (Å²) in [5.41, 5.74) is 1.05. The van der Waals surface area contributed by atoms with Gasteiger partial charge in [0.2, 0.25) is 5.91 Å². The highest BCUT2D eigenvalue weighted by Gasteiger charge is 2.19. The Morgan fingerprint density at radius 2 is 2.09 bits per heavy atom. The number of amides is 3. The first kappa shape index (κ1) is 17.1.